The SMILES string of the molecule is CCn1c(SCc2ccccc2)nnc1-c1cn(CC)c2ccccc12. The minimum atomic E-state index is 0.852. The molecule has 0 fully saturated rings. The van der Waals surface area contributed by atoms with Crippen molar-refractivity contribution in [3.8, 4) is 11.4 Å². The van der Waals surface area contributed by atoms with Crippen molar-refractivity contribution in [3.05, 3.63) is 66.4 Å². The van der Waals surface area contributed by atoms with Gasteiger partial charge < -0.3 is 9.13 Å². The topological polar surface area (TPSA) is 35.6 Å². The Morgan fingerprint density at radius 2 is 1.65 bits per heavy atom. The van der Waals surface area contributed by atoms with Crippen molar-refractivity contribution in [3.63, 3.8) is 0 Å². The molecule has 0 atom stereocenters. The van der Waals surface area contributed by atoms with Crippen molar-refractivity contribution < 1.29 is 0 Å². The highest BCUT2D eigenvalue weighted by atomic mass is 32.2. The molecule has 5 heteroatoms. The van der Waals surface area contributed by atoms with Gasteiger partial charge in [-0.15, -0.1) is 10.2 Å². The molecular formula is C21H22N4S. The number of hydrogen-bond donors (Lipinski definition) is 0. The van der Waals surface area contributed by atoms with E-state index in [4.69, 9.17) is 0 Å². The van der Waals surface area contributed by atoms with E-state index in [9.17, 15) is 0 Å². The van der Waals surface area contributed by atoms with Crippen molar-refractivity contribution in [1.29, 1.82) is 0 Å². The molecule has 0 spiro atoms. The Morgan fingerprint density at radius 3 is 2.42 bits per heavy atom. The molecule has 2 aromatic carbocycles. The standard InChI is InChI=1S/C21H22N4S/c1-3-24-14-18(17-12-8-9-13-19(17)24)20-22-23-21(25(20)4-2)26-15-16-10-6-5-7-11-16/h5-14H,3-4,15H2,1-2H3. The molecule has 0 saturated carbocycles. The van der Waals surface area contributed by atoms with E-state index >= 15 is 0 Å². The molecule has 2 aromatic heterocycles. The van der Waals surface area contributed by atoms with Gasteiger partial charge in [0, 0.05) is 41.5 Å². The molecule has 4 nitrogen and oxygen atoms in total. The number of fused-ring (bicyclic) bond motifs is 1. The lowest BCUT2D eigenvalue weighted by Crippen LogP contribution is -1.99. The second-order valence-electron chi connectivity index (χ2n) is 6.17. The number of aryl methyl sites for hydroxylation is 1. The summed E-state index contributed by atoms with van der Waals surface area (Å²) in [7, 11) is 0. The summed E-state index contributed by atoms with van der Waals surface area (Å²) in [5.74, 6) is 1.85. The van der Waals surface area contributed by atoms with Gasteiger partial charge >= 0.3 is 0 Å². The van der Waals surface area contributed by atoms with Gasteiger partial charge in [0.1, 0.15) is 0 Å². The average Bonchev–Trinajstić information content (AvgIpc) is 3.27. The summed E-state index contributed by atoms with van der Waals surface area (Å²) >= 11 is 1.74. The summed E-state index contributed by atoms with van der Waals surface area (Å²) in [4.78, 5) is 0. The summed E-state index contributed by atoms with van der Waals surface area (Å²) in [6, 6.07) is 19.0. The predicted molar refractivity (Wildman–Crippen MR) is 108 cm³/mol. The molecular weight excluding hydrogens is 340 g/mol. The zero-order valence-electron chi connectivity index (χ0n) is 15.1. The maximum Gasteiger partial charge on any atom is 0.191 e. The second-order valence-corrected chi connectivity index (χ2v) is 7.11. The Balaban J connectivity index is 1.71. The second kappa shape index (κ2) is 7.38. The van der Waals surface area contributed by atoms with Crippen LogP contribution < -0.4 is 0 Å². The summed E-state index contributed by atoms with van der Waals surface area (Å²) in [6.45, 7) is 6.11. The van der Waals surface area contributed by atoms with E-state index in [1.807, 2.05) is 6.07 Å². The highest BCUT2D eigenvalue weighted by molar-refractivity contribution is 7.98. The van der Waals surface area contributed by atoms with Crippen molar-refractivity contribution in [2.24, 2.45) is 0 Å². The van der Waals surface area contributed by atoms with Crippen molar-refractivity contribution in [2.45, 2.75) is 37.8 Å². The van der Waals surface area contributed by atoms with Crippen molar-refractivity contribution in [1.82, 2.24) is 19.3 Å². The number of aromatic nitrogens is 4. The Kier molecular flexibility index (Phi) is 4.80. The van der Waals surface area contributed by atoms with Gasteiger partial charge in [-0.2, -0.15) is 0 Å². The third kappa shape index (κ3) is 3.03. The lowest BCUT2D eigenvalue weighted by molar-refractivity contribution is 0.687. The van der Waals surface area contributed by atoms with Crippen LogP contribution in [0.25, 0.3) is 22.3 Å². The lowest BCUT2D eigenvalue weighted by atomic mass is 10.1. The Morgan fingerprint density at radius 1 is 0.885 bits per heavy atom. The van der Waals surface area contributed by atoms with Gasteiger partial charge in [0.2, 0.25) is 0 Å². The largest absolute Gasteiger partial charge is 0.347 e. The number of rotatable bonds is 6. The molecule has 0 saturated heterocycles. The van der Waals surface area contributed by atoms with Gasteiger partial charge in [-0.1, -0.05) is 60.3 Å². The molecule has 2 heterocycles. The number of nitrogens with zero attached hydrogens (tertiary/aromatic N) is 4. The molecule has 4 rings (SSSR count). The molecule has 26 heavy (non-hydrogen) atoms. The van der Waals surface area contributed by atoms with E-state index < -0.39 is 0 Å². The lowest BCUT2D eigenvalue weighted by Gasteiger charge is -2.07. The minimum Gasteiger partial charge on any atom is -0.347 e. The van der Waals surface area contributed by atoms with E-state index in [0.717, 1.165) is 35.4 Å². The summed E-state index contributed by atoms with van der Waals surface area (Å²) in [6.07, 6.45) is 2.20. The molecule has 4 aromatic rings. The zero-order chi connectivity index (χ0) is 17.9. The molecule has 132 valence electrons. The van der Waals surface area contributed by atoms with E-state index in [1.54, 1.807) is 11.8 Å². The Hall–Kier alpha value is -2.53. The van der Waals surface area contributed by atoms with Crippen LogP contribution in [0, 0.1) is 0 Å². The minimum absolute atomic E-state index is 0.852. The molecule has 0 bridgehead atoms. The predicted octanol–water partition coefficient (Wildman–Crippen LogP) is 5.23. The third-order valence-electron chi connectivity index (χ3n) is 4.61. The Bertz CT molecular complexity index is 1020. The maximum atomic E-state index is 4.55. The summed E-state index contributed by atoms with van der Waals surface area (Å²) < 4.78 is 4.49. The fourth-order valence-corrected chi connectivity index (χ4v) is 4.25. The smallest absolute Gasteiger partial charge is 0.191 e. The van der Waals surface area contributed by atoms with Crippen molar-refractivity contribution >= 4 is 22.7 Å². The van der Waals surface area contributed by atoms with Crippen LogP contribution in [-0.2, 0) is 18.8 Å². The molecule has 0 aliphatic heterocycles. The number of hydrogen-bond acceptors (Lipinski definition) is 3. The monoisotopic (exact) mass is 362 g/mol. The first-order valence-electron chi connectivity index (χ1n) is 9.00. The van der Waals surface area contributed by atoms with Gasteiger partial charge in [0.25, 0.3) is 0 Å². The number of para-hydroxylation sites is 1. The van der Waals surface area contributed by atoms with Gasteiger partial charge in [0.05, 0.1) is 0 Å². The van der Waals surface area contributed by atoms with E-state index in [1.165, 1.54) is 16.5 Å². The van der Waals surface area contributed by atoms with Crippen LogP contribution in [-0.4, -0.2) is 19.3 Å². The Labute approximate surface area is 157 Å². The van der Waals surface area contributed by atoms with Crippen LogP contribution in [0.1, 0.15) is 19.4 Å². The van der Waals surface area contributed by atoms with Crippen LogP contribution in [0.3, 0.4) is 0 Å². The molecule has 0 aliphatic carbocycles. The molecule has 0 radical (unpaired) electrons. The normalized spacial score (nSPS) is 11.3. The van der Waals surface area contributed by atoms with E-state index in [2.05, 4.69) is 87.9 Å². The van der Waals surface area contributed by atoms with Crippen LogP contribution in [0.4, 0.5) is 0 Å². The fourth-order valence-electron chi connectivity index (χ4n) is 3.29. The van der Waals surface area contributed by atoms with Crippen LogP contribution >= 0.6 is 11.8 Å². The van der Waals surface area contributed by atoms with Gasteiger partial charge in [-0.25, -0.2) is 0 Å². The molecule has 0 amide bonds. The molecule has 0 N–H and O–H groups in total. The fraction of sp³-hybridized carbons (Fsp3) is 0.238. The first-order valence-corrected chi connectivity index (χ1v) is 9.98. The van der Waals surface area contributed by atoms with Gasteiger partial charge in [-0.05, 0) is 25.5 Å². The molecule has 0 aliphatic rings. The average molecular weight is 363 g/mol. The maximum absolute atomic E-state index is 4.55. The highest BCUT2D eigenvalue weighted by Gasteiger charge is 2.17. The first kappa shape index (κ1) is 16.9. The van der Waals surface area contributed by atoms with Crippen molar-refractivity contribution in [2.75, 3.05) is 0 Å². The van der Waals surface area contributed by atoms with Crippen LogP contribution in [0.15, 0.2) is 66.0 Å². The van der Waals surface area contributed by atoms with Gasteiger partial charge in [0.15, 0.2) is 11.0 Å². The van der Waals surface area contributed by atoms with Gasteiger partial charge in [-0.3, -0.25) is 0 Å². The first-order chi connectivity index (χ1) is 12.8. The van der Waals surface area contributed by atoms with Crippen LogP contribution in [0.5, 0.6) is 0 Å². The summed E-state index contributed by atoms with van der Waals surface area (Å²) in [5.41, 5.74) is 3.70. The number of benzene rings is 2. The van der Waals surface area contributed by atoms with E-state index in [0.29, 0.717) is 0 Å². The van der Waals surface area contributed by atoms with E-state index in [-0.39, 0.29) is 0 Å². The highest BCUT2D eigenvalue weighted by Crippen LogP contribution is 2.32. The van der Waals surface area contributed by atoms with Crippen LogP contribution in [0.2, 0.25) is 0 Å². The third-order valence-corrected chi connectivity index (χ3v) is 5.65. The quantitative estimate of drug-likeness (QED) is 0.441. The molecule has 0 unspecified atom stereocenters. The summed E-state index contributed by atoms with van der Waals surface area (Å²) in [5, 5.41) is 11.2. The zero-order valence-corrected chi connectivity index (χ0v) is 15.9. The number of thioether (sulfide) groups is 1.